The number of nitrogens with zero attached hydrogens (tertiary/aromatic N) is 3. The summed E-state index contributed by atoms with van der Waals surface area (Å²) in [5.41, 5.74) is 6.28. The highest BCUT2D eigenvalue weighted by Crippen LogP contribution is 2.39. The minimum absolute atomic E-state index is 0.0960. The van der Waals surface area contributed by atoms with Crippen LogP contribution in [0, 0.1) is 6.92 Å². The fraction of sp³-hybridized carbons (Fsp3) is 0.360. The highest BCUT2D eigenvalue weighted by Gasteiger charge is 2.26. The molecule has 1 unspecified atom stereocenters. The Morgan fingerprint density at radius 2 is 1.97 bits per heavy atom. The second-order valence-electron chi connectivity index (χ2n) is 8.37. The number of aryl methyl sites for hydroxylation is 1. The first kappa shape index (κ1) is 20.2. The zero-order chi connectivity index (χ0) is 21.6. The first-order valence-electron chi connectivity index (χ1n) is 10.7. The summed E-state index contributed by atoms with van der Waals surface area (Å²) in [6, 6.07) is 8.32. The molecule has 0 saturated heterocycles. The minimum Gasteiger partial charge on any atom is -0.363 e. The van der Waals surface area contributed by atoms with Gasteiger partial charge in [0.1, 0.15) is 5.82 Å². The first-order valence-corrected chi connectivity index (χ1v) is 10.7. The molecule has 2 aliphatic rings. The molecule has 0 bridgehead atoms. The molecule has 0 fully saturated rings. The maximum Gasteiger partial charge on any atom is 0.259 e. The summed E-state index contributed by atoms with van der Waals surface area (Å²) in [7, 11) is 3.98. The average molecular weight is 403 g/mol. The number of nitrogens with one attached hydrogen (secondary N) is 1. The summed E-state index contributed by atoms with van der Waals surface area (Å²) in [6.07, 6.45) is 4.89. The normalized spacial score (nSPS) is 12.7. The zero-order valence-electron chi connectivity index (χ0n) is 18.5. The van der Waals surface area contributed by atoms with E-state index in [4.69, 9.17) is 0 Å². The molecule has 2 aromatic rings. The van der Waals surface area contributed by atoms with Crippen molar-refractivity contribution in [2.75, 3.05) is 19.0 Å². The number of rotatable bonds is 6. The highest BCUT2D eigenvalue weighted by molar-refractivity contribution is 6.03. The van der Waals surface area contributed by atoms with E-state index in [0.717, 1.165) is 69.3 Å². The van der Waals surface area contributed by atoms with Gasteiger partial charge in [0.2, 0.25) is 0 Å². The summed E-state index contributed by atoms with van der Waals surface area (Å²) in [4.78, 5) is 23.4. The predicted octanol–water partition coefficient (Wildman–Crippen LogP) is 4.75. The minimum atomic E-state index is 0.0960. The number of hydrogen-bond donors (Lipinski definition) is 1. The van der Waals surface area contributed by atoms with Gasteiger partial charge in [0.15, 0.2) is 0 Å². The van der Waals surface area contributed by atoms with Crippen LogP contribution in [0.1, 0.15) is 44.7 Å². The van der Waals surface area contributed by atoms with Crippen molar-refractivity contribution in [2.45, 2.75) is 46.1 Å². The lowest BCUT2D eigenvalue weighted by molar-refractivity contribution is 0.445. The van der Waals surface area contributed by atoms with Gasteiger partial charge in [-0.1, -0.05) is 32.9 Å². The Morgan fingerprint density at radius 1 is 1.20 bits per heavy atom. The molecule has 0 spiro atoms. The second kappa shape index (κ2) is 7.63. The zero-order valence-corrected chi connectivity index (χ0v) is 18.5. The van der Waals surface area contributed by atoms with Crippen LogP contribution < -0.4 is 15.8 Å². The van der Waals surface area contributed by atoms with E-state index in [2.05, 4.69) is 43.4 Å². The largest absolute Gasteiger partial charge is 0.363 e. The topological polar surface area (TPSA) is 53.9 Å². The van der Waals surface area contributed by atoms with Crippen LogP contribution in [0.5, 0.6) is 0 Å². The third-order valence-electron chi connectivity index (χ3n) is 6.07. The van der Waals surface area contributed by atoms with Crippen LogP contribution in [-0.4, -0.2) is 28.6 Å². The molecule has 4 rings (SSSR count). The van der Waals surface area contributed by atoms with Gasteiger partial charge >= 0.3 is 0 Å². The summed E-state index contributed by atoms with van der Waals surface area (Å²) < 4.78 is 1.99. The Labute approximate surface area is 177 Å². The van der Waals surface area contributed by atoms with E-state index in [1.807, 2.05) is 48.0 Å². The molecule has 3 heterocycles. The van der Waals surface area contributed by atoms with Crippen LogP contribution in [0.3, 0.4) is 0 Å². The molecule has 2 aliphatic heterocycles. The van der Waals surface area contributed by atoms with Crippen molar-refractivity contribution in [3.63, 3.8) is 0 Å². The third-order valence-corrected chi connectivity index (χ3v) is 6.07. The first-order chi connectivity index (χ1) is 14.4. The number of hydrogen-bond acceptors (Lipinski definition) is 3. The van der Waals surface area contributed by atoms with E-state index in [1.165, 1.54) is 0 Å². The van der Waals surface area contributed by atoms with Crippen LogP contribution in [0.15, 0.2) is 35.3 Å². The molecule has 0 saturated carbocycles. The molecule has 5 nitrogen and oxygen atoms in total. The van der Waals surface area contributed by atoms with Crippen LogP contribution >= 0.6 is 0 Å². The Hall–Kier alpha value is -3.08. The Balaban J connectivity index is 2.00. The van der Waals surface area contributed by atoms with Crippen LogP contribution in [0.2, 0.25) is 0 Å². The lowest BCUT2D eigenvalue weighted by Crippen LogP contribution is -2.21. The standard InChI is InChI=1S/C25H30N4O/c1-7-9-17(8-2)29-21-13-16(4)27-24-18(10-11-19(23(21)24)25(29)30)20-14-26-22(28(5)6)12-15(20)3/h10-14,17,27H,4,7-9H2,1-3,5-6H3. The van der Waals surface area contributed by atoms with Gasteiger partial charge in [-0.2, -0.15) is 0 Å². The van der Waals surface area contributed by atoms with Gasteiger partial charge in [-0.25, -0.2) is 4.98 Å². The van der Waals surface area contributed by atoms with E-state index in [1.54, 1.807) is 0 Å². The Kier molecular flexibility index (Phi) is 5.14. The SMILES string of the molecule is C=c1cc2n(C(CC)CCC)c(=O)c3ccc(-c4cnc(N(C)C)cc4C)c([nH]1)c3-2. The Bertz CT molecular complexity index is 1280. The van der Waals surface area contributed by atoms with Crippen LogP contribution in [-0.2, 0) is 0 Å². The number of benzene rings is 1. The van der Waals surface area contributed by atoms with Crippen molar-refractivity contribution in [3.05, 3.63) is 51.7 Å². The monoisotopic (exact) mass is 402 g/mol. The summed E-state index contributed by atoms with van der Waals surface area (Å²) in [5, 5.41) is 1.57. The van der Waals surface area contributed by atoms with Crippen molar-refractivity contribution < 1.29 is 0 Å². The summed E-state index contributed by atoms with van der Waals surface area (Å²) in [5.74, 6) is 0.927. The molecule has 0 aliphatic carbocycles. The van der Waals surface area contributed by atoms with Gasteiger partial charge < -0.3 is 14.5 Å². The maximum atomic E-state index is 13.4. The van der Waals surface area contributed by atoms with Gasteiger partial charge in [-0.3, -0.25) is 4.79 Å². The molecule has 1 N–H and O–H groups in total. The second-order valence-corrected chi connectivity index (χ2v) is 8.37. The lowest BCUT2D eigenvalue weighted by Gasteiger charge is -2.19. The number of aromatic nitrogens is 3. The smallest absolute Gasteiger partial charge is 0.259 e. The molecule has 30 heavy (non-hydrogen) atoms. The van der Waals surface area contributed by atoms with E-state index in [9.17, 15) is 4.79 Å². The predicted molar refractivity (Wildman–Crippen MR) is 126 cm³/mol. The van der Waals surface area contributed by atoms with E-state index < -0.39 is 0 Å². The molecular weight excluding hydrogens is 372 g/mol. The number of H-pyrrole nitrogens is 1. The molecule has 0 radical (unpaired) electrons. The van der Waals surface area contributed by atoms with E-state index >= 15 is 0 Å². The van der Waals surface area contributed by atoms with Gasteiger partial charge in [-0.15, -0.1) is 0 Å². The number of pyridine rings is 2. The van der Waals surface area contributed by atoms with Gasteiger partial charge in [-0.05, 0) is 43.5 Å². The van der Waals surface area contributed by atoms with E-state index in [-0.39, 0.29) is 11.6 Å². The van der Waals surface area contributed by atoms with Crippen molar-refractivity contribution >= 4 is 23.3 Å². The third kappa shape index (κ3) is 3.09. The lowest BCUT2D eigenvalue weighted by atomic mass is 9.95. The molecule has 5 heteroatoms. The molecule has 1 atom stereocenters. The Morgan fingerprint density at radius 3 is 2.60 bits per heavy atom. The highest BCUT2D eigenvalue weighted by atomic mass is 16.1. The van der Waals surface area contributed by atoms with Crippen molar-refractivity contribution in [3.8, 4) is 22.4 Å². The number of anilines is 1. The fourth-order valence-corrected chi connectivity index (χ4v) is 4.54. The van der Waals surface area contributed by atoms with E-state index in [0.29, 0.717) is 0 Å². The van der Waals surface area contributed by atoms with Gasteiger partial charge in [0.25, 0.3) is 5.56 Å². The van der Waals surface area contributed by atoms with Gasteiger partial charge in [0.05, 0.1) is 16.6 Å². The van der Waals surface area contributed by atoms with Crippen molar-refractivity contribution in [2.24, 2.45) is 0 Å². The fourth-order valence-electron chi connectivity index (χ4n) is 4.54. The summed E-state index contributed by atoms with van der Waals surface area (Å²) >= 11 is 0. The quantitative estimate of drug-likeness (QED) is 0.506. The molecule has 1 aromatic heterocycles. The molecular formula is C25H30N4O. The molecule has 1 aromatic carbocycles. The van der Waals surface area contributed by atoms with Crippen LogP contribution in [0.25, 0.3) is 39.9 Å². The summed E-state index contributed by atoms with van der Waals surface area (Å²) in [6.45, 7) is 10.6. The number of aromatic amines is 1. The molecule has 0 amide bonds. The van der Waals surface area contributed by atoms with Crippen molar-refractivity contribution in [1.82, 2.24) is 14.5 Å². The van der Waals surface area contributed by atoms with Crippen LogP contribution in [0.4, 0.5) is 5.82 Å². The average Bonchev–Trinajstić information content (AvgIpc) is 2.99. The van der Waals surface area contributed by atoms with Gasteiger partial charge in [0, 0.05) is 48.4 Å². The maximum absolute atomic E-state index is 13.4. The molecule has 156 valence electrons. The van der Waals surface area contributed by atoms with Crippen molar-refractivity contribution in [1.29, 1.82) is 0 Å².